The second-order valence-corrected chi connectivity index (χ2v) is 7.23. The number of aromatic nitrogens is 7. The van der Waals surface area contributed by atoms with Crippen molar-refractivity contribution in [3.8, 4) is 11.5 Å². The molecule has 5 aromatic rings. The first-order valence-corrected chi connectivity index (χ1v) is 9.58. The molecule has 0 fully saturated rings. The molecule has 29 heavy (non-hydrogen) atoms. The lowest BCUT2D eigenvalue weighted by Gasteiger charge is -2.19. The number of amides is 1. The number of aryl methyl sites for hydroxylation is 1. The van der Waals surface area contributed by atoms with E-state index in [1.165, 1.54) is 0 Å². The highest BCUT2D eigenvalue weighted by molar-refractivity contribution is 5.99. The van der Waals surface area contributed by atoms with Crippen LogP contribution in [0.5, 0.6) is 0 Å². The normalized spacial score (nSPS) is 14.4. The number of aromatic amines is 2. The average molecular weight is 386 g/mol. The molecule has 0 atom stereocenters. The number of carbonyl (C=O) groups excluding carboxylic acids is 1. The molecule has 0 unspecified atom stereocenters. The molecule has 0 saturated heterocycles. The third-order valence-corrected chi connectivity index (χ3v) is 5.39. The largest absolute Gasteiger partial charge is 0.337 e. The summed E-state index contributed by atoms with van der Waals surface area (Å²) in [5, 5.41) is 7.77. The zero-order chi connectivity index (χ0) is 19.4. The van der Waals surface area contributed by atoms with Gasteiger partial charge < -0.3 is 9.88 Å². The summed E-state index contributed by atoms with van der Waals surface area (Å²) in [6, 6.07) is 9.95. The summed E-state index contributed by atoms with van der Waals surface area (Å²) in [4.78, 5) is 27.3. The van der Waals surface area contributed by atoms with E-state index >= 15 is 0 Å². The number of carbonyl (C=O) groups is 1. The minimum absolute atomic E-state index is 0.0256. The maximum Gasteiger partial charge on any atom is 0.259 e. The number of imidazole rings is 2. The standard InChI is InChI=1S/C20H18N8O/c29-20(14-11-22-28-9-6-21-19(14)28)26-7-3-8-27-13(12-26)10-17(25-27)18-23-15-4-1-2-5-16(15)24-18/h1-2,4-6,9-11,22H,3,7-8,12H2,(H,23,24). The first-order valence-electron chi connectivity index (χ1n) is 9.58. The topological polar surface area (TPSA) is 99.9 Å². The predicted octanol–water partition coefficient (Wildman–Crippen LogP) is 2.45. The Morgan fingerprint density at radius 3 is 3.03 bits per heavy atom. The summed E-state index contributed by atoms with van der Waals surface area (Å²) in [6.07, 6.45) is 6.03. The van der Waals surface area contributed by atoms with Crippen molar-refractivity contribution in [2.75, 3.05) is 6.54 Å². The van der Waals surface area contributed by atoms with E-state index in [4.69, 9.17) is 5.10 Å². The van der Waals surface area contributed by atoms with Gasteiger partial charge in [-0.05, 0) is 24.6 Å². The number of nitrogens with one attached hydrogen (secondary N) is 2. The van der Waals surface area contributed by atoms with Crippen molar-refractivity contribution in [3.05, 3.63) is 60.2 Å². The Labute approximate surface area is 165 Å². The van der Waals surface area contributed by atoms with Crippen molar-refractivity contribution in [2.24, 2.45) is 0 Å². The number of hydrogen-bond acceptors (Lipinski definition) is 4. The fourth-order valence-corrected chi connectivity index (χ4v) is 3.96. The molecule has 0 saturated carbocycles. The minimum Gasteiger partial charge on any atom is -0.337 e. The second-order valence-electron chi connectivity index (χ2n) is 7.23. The molecule has 9 nitrogen and oxygen atoms in total. The highest BCUT2D eigenvalue weighted by atomic mass is 16.2. The van der Waals surface area contributed by atoms with Gasteiger partial charge in [-0.3, -0.25) is 14.6 Å². The number of benzene rings is 1. The third-order valence-electron chi connectivity index (χ3n) is 5.39. The molecule has 4 aromatic heterocycles. The van der Waals surface area contributed by atoms with Crippen molar-refractivity contribution in [1.82, 2.24) is 39.2 Å². The van der Waals surface area contributed by atoms with E-state index < -0.39 is 0 Å². The summed E-state index contributed by atoms with van der Waals surface area (Å²) < 4.78 is 3.73. The Bertz CT molecular complexity index is 1320. The zero-order valence-corrected chi connectivity index (χ0v) is 15.5. The molecule has 0 radical (unpaired) electrons. The molecule has 0 spiro atoms. The highest BCUT2D eigenvalue weighted by Gasteiger charge is 2.25. The van der Waals surface area contributed by atoms with Gasteiger partial charge in [0.1, 0.15) is 11.3 Å². The van der Waals surface area contributed by atoms with Gasteiger partial charge in [0.05, 0.1) is 23.3 Å². The van der Waals surface area contributed by atoms with Gasteiger partial charge in [0.15, 0.2) is 11.5 Å². The van der Waals surface area contributed by atoms with E-state index in [9.17, 15) is 4.79 Å². The molecule has 5 heterocycles. The number of rotatable bonds is 2. The Balaban J connectivity index is 1.33. The fourth-order valence-electron chi connectivity index (χ4n) is 3.96. The minimum atomic E-state index is -0.0256. The van der Waals surface area contributed by atoms with Crippen LogP contribution in [-0.2, 0) is 13.1 Å². The van der Waals surface area contributed by atoms with Crippen LogP contribution in [0.2, 0.25) is 0 Å². The van der Waals surface area contributed by atoms with Crippen molar-refractivity contribution in [3.63, 3.8) is 0 Å². The lowest BCUT2D eigenvalue weighted by atomic mass is 10.2. The second kappa shape index (κ2) is 6.06. The number of nitrogens with zero attached hydrogens (tertiary/aromatic N) is 6. The zero-order valence-electron chi connectivity index (χ0n) is 15.5. The Hall–Kier alpha value is -3.88. The summed E-state index contributed by atoms with van der Waals surface area (Å²) in [5.74, 6) is 0.719. The van der Waals surface area contributed by atoms with Crippen molar-refractivity contribution in [2.45, 2.75) is 19.5 Å². The molecule has 1 amide bonds. The van der Waals surface area contributed by atoms with Gasteiger partial charge in [-0.25, -0.2) is 14.5 Å². The molecule has 0 bridgehead atoms. The van der Waals surface area contributed by atoms with Gasteiger partial charge >= 0.3 is 0 Å². The lowest BCUT2D eigenvalue weighted by molar-refractivity contribution is 0.0747. The summed E-state index contributed by atoms with van der Waals surface area (Å²) in [5.41, 5.74) is 4.93. The molecular weight excluding hydrogens is 368 g/mol. The van der Waals surface area contributed by atoms with E-state index in [1.54, 1.807) is 23.1 Å². The highest BCUT2D eigenvalue weighted by Crippen LogP contribution is 2.23. The fraction of sp³-hybridized carbons (Fsp3) is 0.200. The Morgan fingerprint density at radius 2 is 2.10 bits per heavy atom. The van der Waals surface area contributed by atoms with Crippen LogP contribution in [0.4, 0.5) is 0 Å². The average Bonchev–Trinajstić information content (AvgIpc) is 3.48. The number of H-pyrrole nitrogens is 2. The number of fused-ring (bicyclic) bond motifs is 3. The molecular formula is C20H18N8O. The van der Waals surface area contributed by atoms with Crippen molar-refractivity contribution >= 4 is 22.6 Å². The van der Waals surface area contributed by atoms with Crippen molar-refractivity contribution < 1.29 is 4.79 Å². The van der Waals surface area contributed by atoms with Gasteiger partial charge in [-0.15, -0.1) is 0 Å². The monoisotopic (exact) mass is 386 g/mol. The molecule has 9 heteroatoms. The van der Waals surface area contributed by atoms with Crippen LogP contribution in [0.15, 0.2) is 48.9 Å². The van der Waals surface area contributed by atoms with E-state index in [1.807, 2.05) is 39.9 Å². The molecule has 144 valence electrons. The lowest BCUT2D eigenvalue weighted by Crippen LogP contribution is -2.30. The van der Waals surface area contributed by atoms with Crippen LogP contribution in [0.1, 0.15) is 22.5 Å². The quantitative estimate of drug-likeness (QED) is 0.487. The maximum atomic E-state index is 13.1. The van der Waals surface area contributed by atoms with E-state index in [-0.39, 0.29) is 5.91 Å². The molecule has 2 N–H and O–H groups in total. The van der Waals surface area contributed by atoms with Crippen LogP contribution in [0.25, 0.3) is 28.2 Å². The summed E-state index contributed by atoms with van der Waals surface area (Å²) >= 11 is 0. The smallest absolute Gasteiger partial charge is 0.259 e. The van der Waals surface area contributed by atoms with Gasteiger partial charge in [0, 0.05) is 31.7 Å². The van der Waals surface area contributed by atoms with E-state index in [2.05, 4.69) is 20.1 Å². The number of hydrogen-bond donors (Lipinski definition) is 2. The van der Waals surface area contributed by atoms with Gasteiger partial charge in [-0.1, -0.05) is 12.1 Å². The summed E-state index contributed by atoms with van der Waals surface area (Å²) in [7, 11) is 0. The van der Waals surface area contributed by atoms with Crippen LogP contribution < -0.4 is 0 Å². The van der Waals surface area contributed by atoms with Gasteiger partial charge in [0.25, 0.3) is 5.91 Å². The van der Waals surface area contributed by atoms with Crippen LogP contribution >= 0.6 is 0 Å². The van der Waals surface area contributed by atoms with Crippen LogP contribution in [0.3, 0.4) is 0 Å². The van der Waals surface area contributed by atoms with Crippen LogP contribution in [-0.4, -0.2) is 51.7 Å². The van der Waals surface area contributed by atoms with E-state index in [0.717, 1.165) is 41.2 Å². The Kier molecular flexibility index (Phi) is 3.37. The predicted molar refractivity (Wildman–Crippen MR) is 106 cm³/mol. The molecule has 1 aliphatic heterocycles. The Morgan fingerprint density at radius 1 is 1.17 bits per heavy atom. The first-order chi connectivity index (χ1) is 14.3. The first kappa shape index (κ1) is 16.1. The van der Waals surface area contributed by atoms with Crippen LogP contribution in [0, 0.1) is 0 Å². The van der Waals surface area contributed by atoms with Gasteiger partial charge in [0.2, 0.25) is 0 Å². The molecule has 1 aromatic carbocycles. The third kappa shape index (κ3) is 2.54. The summed E-state index contributed by atoms with van der Waals surface area (Å²) in [6.45, 7) is 1.95. The molecule has 1 aliphatic rings. The maximum absolute atomic E-state index is 13.1. The van der Waals surface area contributed by atoms with E-state index in [0.29, 0.717) is 24.3 Å². The SMILES string of the molecule is O=C(c1c[nH]n2ccnc12)N1CCCn2nc(-c3nc4ccccc4[nH]3)cc2C1. The molecule has 0 aliphatic carbocycles. The van der Waals surface area contributed by atoms with Gasteiger partial charge in [-0.2, -0.15) is 5.10 Å². The molecule has 6 rings (SSSR count). The number of para-hydroxylation sites is 2. The van der Waals surface area contributed by atoms with Crippen molar-refractivity contribution in [1.29, 1.82) is 0 Å².